The number of aromatic hydroxyl groups is 1. The van der Waals surface area contributed by atoms with E-state index in [0.29, 0.717) is 16.9 Å². The van der Waals surface area contributed by atoms with Gasteiger partial charge < -0.3 is 15.2 Å². The zero-order chi connectivity index (χ0) is 22.1. The van der Waals surface area contributed by atoms with E-state index in [-0.39, 0.29) is 22.7 Å². The molecule has 2 unspecified atom stereocenters. The maximum atomic E-state index is 13.3. The minimum atomic E-state index is -0.782. The van der Waals surface area contributed by atoms with Crippen LogP contribution in [-0.2, 0) is 19.1 Å². The van der Waals surface area contributed by atoms with Gasteiger partial charge in [-0.3, -0.25) is 14.5 Å². The normalized spacial score (nSPS) is 21.1. The third kappa shape index (κ3) is 3.67. The van der Waals surface area contributed by atoms with Crippen LogP contribution in [0.3, 0.4) is 0 Å². The van der Waals surface area contributed by atoms with Crippen molar-refractivity contribution in [3.63, 3.8) is 0 Å². The number of fused-ring (bicyclic) bond motifs is 1. The molecular weight excluding hydrogens is 416 g/mol. The van der Waals surface area contributed by atoms with Crippen molar-refractivity contribution in [2.45, 2.75) is 24.3 Å². The van der Waals surface area contributed by atoms with E-state index >= 15 is 0 Å². The Kier molecular flexibility index (Phi) is 5.73. The van der Waals surface area contributed by atoms with Crippen molar-refractivity contribution < 1.29 is 24.2 Å². The predicted octanol–water partition coefficient (Wildman–Crippen LogP) is 2.37. The van der Waals surface area contributed by atoms with Gasteiger partial charge in [0.15, 0.2) is 0 Å². The summed E-state index contributed by atoms with van der Waals surface area (Å²) < 4.78 is 4.83. The van der Waals surface area contributed by atoms with Gasteiger partial charge in [-0.05, 0) is 24.1 Å². The molecule has 1 fully saturated rings. The van der Waals surface area contributed by atoms with E-state index in [9.17, 15) is 19.5 Å². The van der Waals surface area contributed by atoms with Crippen LogP contribution in [0.15, 0.2) is 65.9 Å². The Hall–Kier alpha value is -3.26. The standard InChI is InChI=1S/C23H22N2O5S/c1-13-12-31-22-18(21(28)25(22)19(13)23(29)30-2)24-20(27)17(14-8-4-3-5-9-14)15-10-6-7-11-16(15)26/h3-11,17-18,22,26H,12H2,1-2H3,(H,24,27)/t17?,18?,22-/m1/s1. The van der Waals surface area contributed by atoms with E-state index in [0.717, 1.165) is 5.57 Å². The fourth-order valence-corrected chi connectivity index (χ4v) is 5.24. The molecule has 2 heterocycles. The third-order valence-corrected chi connectivity index (χ3v) is 6.90. The second-order valence-corrected chi connectivity index (χ2v) is 8.52. The number of methoxy groups -OCH3 is 1. The number of amides is 2. The van der Waals surface area contributed by atoms with Crippen LogP contribution in [-0.4, -0.2) is 52.1 Å². The van der Waals surface area contributed by atoms with Crippen LogP contribution >= 0.6 is 11.8 Å². The molecule has 1 saturated heterocycles. The van der Waals surface area contributed by atoms with Gasteiger partial charge in [-0.15, -0.1) is 11.8 Å². The summed E-state index contributed by atoms with van der Waals surface area (Å²) in [5.41, 5.74) is 2.18. The summed E-state index contributed by atoms with van der Waals surface area (Å²) in [7, 11) is 1.28. The first-order valence-corrected chi connectivity index (χ1v) is 10.8. The first-order chi connectivity index (χ1) is 14.9. The van der Waals surface area contributed by atoms with Crippen LogP contribution in [0.5, 0.6) is 5.75 Å². The summed E-state index contributed by atoms with van der Waals surface area (Å²) in [6.07, 6.45) is 0. The lowest BCUT2D eigenvalue weighted by molar-refractivity contribution is -0.151. The van der Waals surface area contributed by atoms with E-state index in [2.05, 4.69) is 5.32 Å². The van der Waals surface area contributed by atoms with Crippen molar-refractivity contribution in [1.29, 1.82) is 0 Å². The molecule has 0 spiro atoms. The van der Waals surface area contributed by atoms with Crippen LogP contribution in [0.4, 0.5) is 0 Å². The number of para-hydroxylation sites is 1. The summed E-state index contributed by atoms with van der Waals surface area (Å²) in [6, 6.07) is 15.0. The molecule has 2 amide bonds. The smallest absolute Gasteiger partial charge is 0.354 e. The van der Waals surface area contributed by atoms with Crippen molar-refractivity contribution in [2.24, 2.45) is 0 Å². The molecule has 7 nitrogen and oxygen atoms in total. The highest BCUT2D eigenvalue weighted by atomic mass is 32.2. The minimum Gasteiger partial charge on any atom is -0.508 e. The zero-order valence-electron chi connectivity index (χ0n) is 17.1. The molecule has 0 saturated carbocycles. The van der Waals surface area contributed by atoms with Gasteiger partial charge in [-0.1, -0.05) is 48.5 Å². The maximum Gasteiger partial charge on any atom is 0.354 e. The number of esters is 1. The molecule has 2 aromatic carbocycles. The highest BCUT2D eigenvalue weighted by Crippen LogP contribution is 2.41. The fraction of sp³-hybridized carbons (Fsp3) is 0.261. The number of thioether (sulfide) groups is 1. The average molecular weight is 439 g/mol. The highest BCUT2D eigenvalue weighted by molar-refractivity contribution is 8.00. The maximum absolute atomic E-state index is 13.3. The molecule has 8 heteroatoms. The summed E-state index contributed by atoms with van der Waals surface area (Å²) in [5.74, 6) is -1.52. The Morgan fingerprint density at radius 2 is 1.84 bits per heavy atom. The van der Waals surface area contributed by atoms with E-state index in [1.807, 2.05) is 30.3 Å². The lowest BCUT2D eigenvalue weighted by Gasteiger charge is -2.49. The van der Waals surface area contributed by atoms with Gasteiger partial charge in [-0.25, -0.2) is 4.79 Å². The number of nitrogens with one attached hydrogen (secondary N) is 1. The van der Waals surface area contributed by atoms with Crippen LogP contribution in [0.25, 0.3) is 0 Å². The summed E-state index contributed by atoms with van der Waals surface area (Å²) in [5, 5.41) is 12.8. The number of β-lactam (4-membered cyclic amide) rings is 1. The van der Waals surface area contributed by atoms with Crippen LogP contribution in [0, 0.1) is 0 Å². The topological polar surface area (TPSA) is 95.9 Å². The molecule has 0 bridgehead atoms. The Bertz CT molecular complexity index is 1070. The molecule has 2 aliphatic rings. The van der Waals surface area contributed by atoms with E-state index in [1.54, 1.807) is 25.1 Å². The van der Waals surface area contributed by atoms with Crippen LogP contribution in [0.1, 0.15) is 24.0 Å². The van der Waals surface area contributed by atoms with E-state index < -0.39 is 23.8 Å². The van der Waals surface area contributed by atoms with Gasteiger partial charge in [0.2, 0.25) is 5.91 Å². The molecule has 4 rings (SSSR count). The van der Waals surface area contributed by atoms with E-state index in [1.165, 1.54) is 29.8 Å². The predicted molar refractivity (Wildman–Crippen MR) is 116 cm³/mol. The lowest BCUT2D eigenvalue weighted by Crippen LogP contribution is -2.70. The highest BCUT2D eigenvalue weighted by Gasteiger charge is 2.54. The molecule has 0 radical (unpaired) electrons. The van der Waals surface area contributed by atoms with Crippen LogP contribution in [0.2, 0.25) is 0 Å². The van der Waals surface area contributed by atoms with Gasteiger partial charge in [0, 0.05) is 11.3 Å². The van der Waals surface area contributed by atoms with Gasteiger partial charge >= 0.3 is 5.97 Å². The van der Waals surface area contributed by atoms with Crippen LogP contribution < -0.4 is 5.32 Å². The summed E-state index contributed by atoms with van der Waals surface area (Å²) >= 11 is 1.49. The Balaban J connectivity index is 1.60. The number of nitrogens with zero attached hydrogens (tertiary/aromatic N) is 1. The van der Waals surface area contributed by atoms with Gasteiger partial charge in [0.1, 0.15) is 22.9 Å². The molecular formula is C23H22N2O5S. The fourth-order valence-electron chi connectivity index (χ4n) is 3.94. The molecule has 0 aliphatic carbocycles. The summed E-state index contributed by atoms with van der Waals surface area (Å²) in [6.45, 7) is 1.79. The van der Waals surface area contributed by atoms with Crippen molar-refractivity contribution in [1.82, 2.24) is 10.2 Å². The molecule has 2 aliphatic heterocycles. The largest absolute Gasteiger partial charge is 0.508 e. The second kappa shape index (κ2) is 8.47. The number of carbonyl (C=O) groups excluding carboxylic acids is 3. The number of benzene rings is 2. The molecule has 2 N–H and O–H groups in total. The Morgan fingerprint density at radius 1 is 1.16 bits per heavy atom. The number of phenolic OH excluding ortho intramolecular Hbond substituents is 1. The number of phenols is 1. The number of ether oxygens (including phenoxy) is 1. The monoisotopic (exact) mass is 438 g/mol. The SMILES string of the molecule is COC(=O)C1=C(C)CS[C@@H]2C(NC(=O)C(c3ccccc3)c3ccccc3O)C(=O)N12. The summed E-state index contributed by atoms with van der Waals surface area (Å²) in [4.78, 5) is 39.8. The molecule has 0 aromatic heterocycles. The molecule has 160 valence electrons. The van der Waals surface area contributed by atoms with Crippen molar-refractivity contribution in [3.05, 3.63) is 77.0 Å². The molecule has 3 atom stereocenters. The number of hydrogen-bond acceptors (Lipinski definition) is 6. The average Bonchev–Trinajstić information content (AvgIpc) is 2.79. The quantitative estimate of drug-likeness (QED) is 0.550. The van der Waals surface area contributed by atoms with Crippen molar-refractivity contribution >= 4 is 29.5 Å². The van der Waals surface area contributed by atoms with Crippen molar-refractivity contribution in [3.8, 4) is 5.75 Å². The minimum absolute atomic E-state index is 0.00615. The second-order valence-electron chi connectivity index (χ2n) is 7.42. The number of rotatable bonds is 5. The first kappa shape index (κ1) is 21.0. The van der Waals surface area contributed by atoms with E-state index in [4.69, 9.17) is 4.74 Å². The van der Waals surface area contributed by atoms with Gasteiger partial charge in [-0.2, -0.15) is 0 Å². The van der Waals surface area contributed by atoms with Gasteiger partial charge in [0.05, 0.1) is 13.0 Å². The number of hydrogen-bond donors (Lipinski definition) is 2. The lowest BCUT2D eigenvalue weighted by atomic mass is 9.89. The zero-order valence-corrected chi connectivity index (χ0v) is 17.9. The van der Waals surface area contributed by atoms with Gasteiger partial charge in [0.25, 0.3) is 5.91 Å². The number of carbonyl (C=O) groups is 3. The first-order valence-electron chi connectivity index (χ1n) is 9.80. The Morgan fingerprint density at radius 3 is 2.52 bits per heavy atom. The molecule has 31 heavy (non-hydrogen) atoms. The van der Waals surface area contributed by atoms with Crippen molar-refractivity contribution in [2.75, 3.05) is 12.9 Å². The third-order valence-electron chi connectivity index (χ3n) is 5.48. The molecule has 2 aromatic rings. The Labute approximate surface area is 184 Å².